The van der Waals surface area contributed by atoms with E-state index in [0.717, 1.165) is 16.6 Å². The molecule has 0 saturated heterocycles. The Labute approximate surface area is 103 Å². The zero-order valence-corrected chi connectivity index (χ0v) is 11.3. The molecule has 2 heteroatoms. The molecule has 0 radical (unpaired) electrons. The van der Waals surface area contributed by atoms with Crippen LogP contribution in [0, 0.1) is 6.92 Å². The van der Waals surface area contributed by atoms with Crippen molar-refractivity contribution >= 4 is 10.9 Å². The van der Waals surface area contributed by atoms with Gasteiger partial charge in [0, 0.05) is 22.7 Å². The van der Waals surface area contributed by atoms with Crippen LogP contribution in [-0.2, 0) is 0 Å². The van der Waals surface area contributed by atoms with Crippen molar-refractivity contribution in [1.29, 1.82) is 0 Å². The van der Waals surface area contributed by atoms with E-state index < -0.39 is 0 Å². The van der Waals surface area contributed by atoms with Crippen molar-refractivity contribution in [3.05, 3.63) is 45.7 Å². The van der Waals surface area contributed by atoms with Crippen molar-refractivity contribution < 1.29 is 0 Å². The second-order valence-corrected chi connectivity index (χ2v) is 4.29. The molecule has 0 aliphatic heterocycles. The first-order valence-electron chi connectivity index (χ1n) is 6.21. The SMILES string of the molecule is CC.Cc1ccc2c(=O)cc(C(C)C)[nH]c2c1. The number of aryl methyl sites for hydroxylation is 1. The van der Waals surface area contributed by atoms with Crippen molar-refractivity contribution in [2.45, 2.75) is 40.5 Å². The van der Waals surface area contributed by atoms with E-state index in [1.165, 1.54) is 5.56 Å². The lowest BCUT2D eigenvalue weighted by molar-refractivity contribution is 0.828. The lowest BCUT2D eigenvalue weighted by Crippen LogP contribution is -2.06. The Bertz CT molecular complexity index is 552. The second kappa shape index (κ2) is 5.67. The van der Waals surface area contributed by atoms with Gasteiger partial charge in [0.25, 0.3) is 0 Å². The predicted molar refractivity (Wildman–Crippen MR) is 74.7 cm³/mol. The van der Waals surface area contributed by atoms with Gasteiger partial charge in [0.15, 0.2) is 5.43 Å². The Hall–Kier alpha value is -1.57. The summed E-state index contributed by atoms with van der Waals surface area (Å²) in [5.74, 6) is 0.350. The molecule has 1 heterocycles. The summed E-state index contributed by atoms with van der Waals surface area (Å²) < 4.78 is 0. The molecule has 0 fully saturated rings. The summed E-state index contributed by atoms with van der Waals surface area (Å²) >= 11 is 0. The lowest BCUT2D eigenvalue weighted by atomic mass is 10.1. The minimum absolute atomic E-state index is 0.104. The van der Waals surface area contributed by atoms with Crippen molar-refractivity contribution in [2.75, 3.05) is 0 Å². The van der Waals surface area contributed by atoms with Crippen LogP contribution in [0.4, 0.5) is 0 Å². The average molecular weight is 231 g/mol. The van der Waals surface area contributed by atoms with Crippen LogP contribution in [0.25, 0.3) is 10.9 Å². The highest BCUT2D eigenvalue weighted by Crippen LogP contribution is 2.15. The molecule has 2 rings (SSSR count). The third-order valence-electron chi connectivity index (χ3n) is 2.63. The Balaban J connectivity index is 0.000000686. The number of pyridine rings is 1. The zero-order chi connectivity index (χ0) is 13.0. The van der Waals surface area contributed by atoms with E-state index in [1.807, 2.05) is 39.0 Å². The molecule has 0 amide bonds. The molecule has 1 N–H and O–H groups in total. The molecule has 17 heavy (non-hydrogen) atoms. The largest absolute Gasteiger partial charge is 0.358 e. The maximum atomic E-state index is 11.8. The second-order valence-electron chi connectivity index (χ2n) is 4.29. The number of benzene rings is 1. The van der Waals surface area contributed by atoms with Crippen LogP contribution >= 0.6 is 0 Å². The highest BCUT2D eigenvalue weighted by Gasteiger charge is 2.04. The van der Waals surface area contributed by atoms with Crippen LogP contribution in [0.15, 0.2) is 29.1 Å². The number of fused-ring (bicyclic) bond motifs is 1. The fourth-order valence-corrected chi connectivity index (χ4v) is 1.70. The zero-order valence-electron chi connectivity index (χ0n) is 11.3. The summed E-state index contributed by atoms with van der Waals surface area (Å²) in [5.41, 5.74) is 3.20. The van der Waals surface area contributed by atoms with Gasteiger partial charge in [-0.1, -0.05) is 33.8 Å². The summed E-state index contributed by atoms with van der Waals surface area (Å²) in [6, 6.07) is 7.56. The number of rotatable bonds is 1. The number of hydrogen-bond acceptors (Lipinski definition) is 1. The number of H-pyrrole nitrogens is 1. The van der Waals surface area contributed by atoms with E-state index in [9.17, 15) is 4.79 Å². The molecule has 0 bridgehead atoms. The highest BCUT2D eigenvalue weighted by atomic mass is 16.1. The van der Waals surface area contributed by atoms with Gasteiger partial charge in [-0.2, -0.15) is 0 Å². The highest BCUT2D eigenvalue weighted by molar-refractivity contribution is 5.79. The Morgan fingerprint density at radius 2 is 1.76 bits per heavy atom. The number of nitrogens with one attached hydrogen (secondary N) is 1. The quantitative estimate of drug-likeness (QED) is 0.791. The molecular weight excluding hydrogens is 210 g/mol. The van der Waals surface area contributed by atoms with Crippen molar-refractivity contribution in [2.24, 2.45) is 0 Å². The maximum Gasteiger partial charge on any atom is 0.189 e. The lowest BCUT2D eigenvalue weighted by Gasteiger charge is -2.07. The third-order valence-corrected chi connectivity index (χ3v) is 2.63. The average Bonchev–Trinajstić information content (AvgIpc) is 2.30. The molecule has 2 nitrogen and oxygen atoms in total. The first-order valence-corrected chi connectivity index (χ1v) is 6.21. The van der Waals surface area contributed by atoms with Gasteiger partial charge in [0.2, 0.25) is 0 Å². The van der Waals surface area contributed by atoms with Crippen molar-refractivity contribution in [1.82, 2.24) is 4.98 Å². The van der Waals surface area contributed by atoms with Crippen LogP contribution in [0.2, 0.25) is 0 Å². The summed E-state index contributed by atoms with van der Waals surface area (Å²) in [4.78, 5) is 15.1. The van der Waals surface area contributed by atoms with E-state index in [-0.39, 0.29) is 5.43 Å². The monoisotopic (exact) mass is 231 g/mol. The first kappa shape index (κ1) is 13.5. The Morgan fingerprint density at radius 3 is 2.35 bits per heavy atom. The van der Waals surface area contributed by atoms with Crippen LogP contribution in [0.3, 0.4) is 0 Å². The number of aromatic amines is 1. The van der Waals surface area contributed by atoms with Gasteiger partial charge < -0.3 is 4.98 Å². The Morgan fingerprint density at radius 1 is 1.12 bits per heavy atom. The van der Waals surface area contributed by atoms with E-state index >= 15 is 0 Å². The molecule has 92 valence electrons. The van der Waals surface area contributed by atoms with Gasteiger partial charge >= 0.3 is 0 Å². The van der Waals surface area contributed by atoms with Gasteiger partial charge in [0.1, 0.15) is 0 Å². The van der Waals surface area contributed by atoms with Gasteiger partial charge in [0.05, 0.1) is 0 Å². The van der Waals surface area contributed by atoms with Crippen LogP contribution in [0.1, 0.15) is 44.9 Å². The van der Waals surface area contributed by atoms with Crippen molar-refractivity contribution in [3.63, 3.8) is 0 Å². The van der Waals surface area contributed by atoms with Crippen LogP contribution in [-0.4, -0.2) is 4.98 Å². The smallest absolute Gasteiger partial charge is 0.189 e. The van der Waals surface area contributed by atoms with Crippen LogP contribution in [0.5, 0.6) is 0 Å². The fraction of sp³-hybridized carbons (Fsp3) is 0.400. The molecule has 0 atom stereocenters. The van der Waals surface area contributed by atoms with E-state index in [0.29, 0.717) is 5.92 Å². The molecule has 0 aliphatic carbocycles. The predicted octanol–water partition coefficient (Wildman–Crippen LogP) is 3.99. The summed E-state index contributed by atoms with van der Waals surface area (Å²) in [7, 11) is 0. The van der Waals surface area contributed by atoms with Crippen molar-refractivity contribution in [3.8, 4) is 0 Å². The number of hydrogen-bond donors (Lipinski definition) is 1. The van der Waals surface area contributed by atoms with Crippen LogP contribution < -0.4 is 5.43 Å². The molecule has 0 aliphatic rings. The first-order chi connectivity index (χ1) is 8.08. The summed E-state index contributed by atoms with van der Waals surface area (Å²) in [5, 5.41) is 0.769. The number of aromatic nitrogens is 1. The molecule has 0 unspecified atom stereocenters. The topological polar surface area (TPSA) is 32.9 Å². The van der Waals surface area contributed by atoms with Gasteiger partial charge in [-0.15, -0.1) is 0 Å². The normalized spacial score (nSPS) is 10.2. The minimum Gasteiger partial charge on any atom is -0.358 e. The molecule has 0 spiro atoms. The van der Waals surface area contributed by atoms with Gasteiger partial charge in [-0.25, -0.2) is 0 Å². The molecule has 2 aromatic rings. The molecular formula is C15H21NO. The Kier molecular flexibility index (Phi) is 4.50. The van der Waals surface area contributed by atoms with E-state index in [2.05, 4.69) is 18.8 Å². The summed E-state index contributed by atoms with van der Waals surface area (Å²) in [6.07, 6.45) is 0. The van der Waals surface area contributed by atoms with E-state index in [4.69, 9.17) is 0 Å². The third kappa shape index (κ3) is 2.96. The van der Waals surface area contributed by atoms with Gasteiger partial charge in [-0.05, 0) is 30.5 Å². The molecule has 0 saturated carbocycles. The minimum atomic E-state index is 0.104. The molecule has 1 aromatic heterocycles. The van der Waals surface area contributed by atoms with E-state index in [1.54, 1.807) is 6.07 Å². The summed E-state index contributed by atoms with van der Waals surface area (Å²) in [6.45, 7) is 10.2. The standard InChI is InChI=1S/C13H15NO.C2H6/c1-8(2)11-7-13(15)10-5-4-9(3)6-12(10)14-11;1-2/h4-8H,1-3H3,(H,14,15);1-2H3. The van der Waals surface area contributed by atoms with Gasteiger partial charge in [-0.3, -0.25) is 4.79 Å². The fourth-order valence-electron chi connectivity index (χ4n) is 1.70. The molecule has 1 aromatic carbocycles. The maximum absolute atomic E-state index is 11.8.